The van der Waals surface area contributed by atoms with Crippen LogP contribution in [0.15, 0.2) is 47.5 Å². The number of halogens is 1. The average molecular weight is 524 g/mol. The highest BCUT2D eigenvalue weighted by Gasteiger charge is 2.23. The highest BCUT2D eigenvalue weighted by atomic mass is 127. The van der Waals surface area contributed by atoms with Crippen LogP contribution in [0.4, 0.5) is 0 Å². The van der Waals surface area contributed by atoms with Gasteiger partial charge in [0.25, 0.3) is 0 Å². The third-order valence-corrected chi connectivity index (χ3v) is 5.49. The van der Waals surface area contributed by atoms with Crippen molar-refractivity contribution in [1.29, 1.82) is 0 Å². The predicted octanol–water partition coefficient (Wildman–Crippen LogP) is 3.56. The molecule has 30 heavy (non-hydrogen) atoms. The first-order valence-corrected chi connectivity index (χ1v) is 9.98. The standard InChI is InChI=1S/C23H32N4O2.HI/c1-24-23(25-15-20(26(2)3)17-9-7-6-8-10-17)27-12-11-18-13-21(28-4)22(29-5)14-19(18)16-27;/h6-10,13-14,20H,11-12,15-16H2,1-5H3,(H,24,25);1H. The number of nitrogens with one attached hydrogen (secondary N) is 1. The fourth-order valence-corrected chi connectivity index (χ4v) is 3.86. The van der Waals surface area contributed by atoms with E-state index in [9.17, 15) is 0 Å². The summed E-state index contributed by atoms with van der Waals surface area (Å²) in [5.41, 5.74) is 3.86. The van der Waals surface area contributed by atoms with Gasteiger partial charge in [-0.3, -0.25) is 4.99 Å². The maximum Gasteiger partial charge on any atom is 0.194 e. The number of ether oxygens (including phenoxy) is 2. The second-order valence-corrected chi connectivity index (χ2v) is 7.47. The number of methoxy groups -OCH3 is 2. The number of nitrogens with zero attached hydrogens (tertiary/aromatic N) is 3. The molecule has 1 heterocycles. The zero-order chi connectivity index (χ0) is 20.8. The maximum atomic E-state index is 5.48. The minimum absolute atomic E-state index is 0. The fraction of sp³-hybridized carbons (Fsp3) is 0.435. The SMILES string of the molecule is CN=C(NCC(c1ccccc1)N(C)C)N1CCc2cc(OC)c(OC)cc2C1.I. The molecule has 1 atom stereocenters. The van der Waals surface area contributed by atoms with Crippen molar-refractivity contribution < 1.29 is 9.47 Å². The van der Waals surface area contributed by atoms with Gasteiger partial charge in [0, 0.05) is 26.7 Å². The van der Waals surface area contributed by atoms with E-state index in [0.717, 1.165) is 43.5 Å². The summed E-state index contributed by atoms with van der Waals surface area (Å²) >= 11 is 0. The third-order valence-electron chi connectivity index (χ3n) is 5.49. The van der Waals surface area contributed by atoms with Gasteiger partial charge in [-0.1, -0.05) is 30.3 Å². The van der Waals surface area contributed by atoms with Gasteiger partial charge in [-0.05, 0) is 49.3 Å². The van der Waals surface area contributed by atoms with Crippen LogP contribution < -0.4 is 14.8 Å². The summed E-state index contributed by atoms with van der Waals surface area (Å²) in [6.07, 6.45) is 0.951. The number of hydrogen-bond acceptors (Lipinski definition) is 4. The number of hydrogen-bond donors (Lipinski definition) is 1. The molecule has 0 bridgehead atoms. The van der Waals surface area contributed by atoms with E-state index < -0.39 is 0 Å². The smallest absolute Gasteiger partial charge is 0.194 e. The molecule has 0 aliphatic carbocycles. The number of guanidine groups is 1. The molecule has 1 aliphatic rings. The fourth-order valence-electron chi connectivity index (χ4n) is 3.86. The van der Waals surface area contributed by atoms with Crippen LogP contribution in [-0.4, -0.2) is 64.2 Å². The summed E-state index contributed by atoms with van der Waals surface area (Å²) in [5, 5.41) is 3.58. The van der Waals surface area contributed by atoms with Gasteiger partial charge in [-0.15, -0.1) is 24.0 Å². The summed E-state index contributed by atoms with van der Waals surface area (Å²) in [7, 11) is 9.42. The molecule has 3 rings (SSSR count). The number of benzene rings is 2. The Morgan fingerprint density at radius 1 is 1.10 bits per heavy atom. The molecular formula is C23H33IN4O2. The van der Waals surface area contributed by atoms with Gasteiger partial charge in [0.15, 0.2) is 17.5 Å². The van der Waals surface area contributed by atoms with Gasteiger partial charge in [0.1, 0.15) is 0 Å². The summed E-state index contributed by atoms with van der Waals surface area (Å²) < 4.78 is 10.9. The monoisotopic (exact) mass is 524 g/mol. The Kier molecular flexibility index (Phi) is 9.23. The third kappa shape index (κ3) is 5.57. The molecule has 0 saturated carbocycles. The van der Waals surface area contributed by atoms with E-state index in [2.05, 4.69) is 76.7 Å². The second-order valence-electron chi connectivity index (χ2n) is 7.47. The van der Waals surface area contributed by atoms with Crippen LogP contribution in [0.5, 0.6) is 11.5 Å². The van der Waals surface area contributed by atoms with E-state index in [0.29, 0.717) is 0 Å². The van der Waals surface area contributed by atoms with E-state index in [4.69, 9.17) is 9.47 Å². The summed E-state index contributed by atoms with van der Waals surface area (Å²) in [6, 6.07) is 15.0. The first-order chi connectivity index (χ1) is 14.1. The summed E-state index contributed by atoms with van der Waals surface area (Å²) in [4.78, 5) is 9.07. The Bertz CT molecular complexity index is 843. The molecular weight excluding hydrogens is 491 g/mol. The van der Waals surface area contributed by atoms with Gasteiger partial charge in [0.2, 0.25) is 0 Å². The van der Waals surface area contributed by atoms with E-state index in [1.54, 1.807) is 14.2 Å². The molecule has 0 spiro atoms. The predicted molar refractivity (Wildman–Crippen MR) is 133 cm³/mol. The van der Waals surface area contributed by atoms with Crippen LogP contribution in [0.3, 0.4) is 0 Å². The highest BCUT2D eigenvalue weighted by molar-refractivity contribution is 14.0. The molecule has 0 saturated heterocycles. The second kappa shape index (κ2) is 11.4. The lowest BCUT2D eigenvalue weighted by Crippen LogP contribution is -2.46. The molecule has 7 heteroatoms. The van der Waals surface area contributed by atoms with E-state index >= 15 is 0 Å². The molecule has 6 nitrogen and oxygen atoms in total. The highest BCUT2D eigenvalue weighted by Crippen LogP contribution is 2.33. The first-order valence-electron chi connectivity index (χ1n) is 9.98. The minimum atomic E-state index is 0. The number of rotatable bonds is 6. The number of aliphatic imine (C=N–C) groups is 1. The quantitative estimate of drug-likeness (QED) is 0.356. The van der Waals surface area contributed by atoms with Crippen LogP contribution in [0.25, 0.3) is 0 Å². The van der Waals surface area contributed by atoms with Crippen LogP contribution in [0.2, 0.25) is 0 Å². The van der Waals surface area contributed by atoms with Crippen LogP contribution >= 0.6 is 24.0 Å². The molecule has 0 aromatic heterocycles. The van der Waals surface area contributed by atoms with Gasteiger partial charge >= 0.3 is 0 Å². The molecule has 0 amide bonds. The lowest BCUT2D eigenvalue weighted by molar-refractivity contribution is 0.292. The maximum absolute atomic E-state index is 5.48. The summed E-state index contributed by atoms with van der Waals surface area (Å²) in [6.45, 7) is 2.51. The Morgan fingerprint density at radius 2 is 1.73 bits per heavy atom. The van der Waals surface area contributed by atoms with Crippen molar-refractivity contribution in [1.82, 2.24) is 15.1 Å². The largest absolute Gasteiger partial charge is 0.493 e. The molecule has 1 N–H and O–H groups in total. The van der Waals surface area contributed by atoms with Gasteiger partial charge in [-0.2, -0.15) is 0 Å². The van der Waals surface area contributed by atoms with Gasteiger partial charge in [-0.25, -0.2) is 0 Å². The van der Waals surface area contributed by atoms with Crippen LogP contribution in [-0.2, 0) is 13.0 Å². The zero-order valence-electron chi connectivity index (χ0n) is 18.5. The lowest BCUT2D eigenvalue weighted by atomic mass is 9.99. The van der Waals surface area contributed by atoms with Crippen molar-refractivity contribution in [2.24, 2.45) is 4.99 Å². The minimum Gasteiger partial charge on any atom is -0.493 e. The lowest BCUT2D eigenvalue weighted by Gasteiger charge is -2.33. The Labute approximate surface area is 197 Å². The number of likely N-dealkylation sites (N-methyl/N-ethyl adjacent to an activating group) is 1. The first kappa shape index (κ1) is 24.3. The van der Waals surface area contributed by atoms with Crippen molar-refractivity contribution in [3.05, 3.63) is 59.2 Å². The van der Waals surface area contributed by atoms with Crippen molar-refractivity contribution in [2.45, 2.75) is 19.0 Å². The zero-order valence-corrected chi connectivity index (χ0v) is 20.8. The summed E-state index contributed by atoms with van der Waals surface area (Å²) in [5.74, 6) is 2.49. The van der Waals surface area contributed by atoms with Crippen LogP contribution in [0, 0.1) is 0 Å². The Morgan fingerprint density at radius 3 is 2.30 bits per heavy atom. The van der Waals surface area contributed by atoms with Crippen molar-refractivity contribution >= 4 is 29.9 Å². The van der Waals surface area contributed by atoms with Crippen molar-refractivity contribution in [3.63, 3.8) is 0 Å². The molecule has 0 fully saturated rings. The molecule has 2 aromatic rings. The van der Waals surface area contributed by atoms with Gasteiger partial charge < -0.3 is 24.6 Å². The van der Waals surface area contributed by atoms with E-state index in [-0.39, 0.29) is 30.0 Å². The molecule has 164 valence electrons. The topological polar surface area (TPSA) is 49.3 Å². The van der Waals surface area contributed by atoms with Crippen molar-refractivity contribution in [3.8, 4) is 11.5 Å². The Hall–Kier alpha value is -2.00. The molecule has 1 unspecified atom stereocenters. The normalized spacial score (nSPS) is 14.6. The van der Waals surface area contributed by atoms with Crippen molar-refractivity contribution in [2.75, 3.05) is 48.5 Å². The van der Waals surface area contributed by atoms with E-state index in [1.807, 2.05) is 7.05 Å². The van der Waals surface area contributed by atoms with Gasteiger partial charge in [0.05, 0.1) is 20.3 Å². The van der Waals surface area contributed by atoms with Crippen LogP contribution in [0.1, 0.15) is 22.7 Å². The molecule has 2 aromatic carbocycles. The molecule has 1 aliphatic heterocycles. The number of fused-ring (bicyclic) bond motifs is 1. The molecule has 0 radical (unpaired) electrons. The Balaban J connectivity index is 0.00000320. The van der Waals surface area contributed by atoms with E-state index in [1.165, 1.54) is 16.7 Å². The average Bonchev–Trinajstić information content (AvgIpc) is 2.75.